The van der Waals surface area contributed by atoms with Crippen LogP contribution in [-0.2, 0) is 17.9 Å². The lowest BCUT2D eigenvalue weighted by Crippen LogP contribution is -2.29. The highest BCUT2D eigenvalue weighted by atomic mass is 16.1. The first kappa shape index (κ1) is 14.1. The number of para-hydroxylation sites is 1. The summed E-state index contributed by atoms with van der Waals surface area (Å²) >= 11 is 0. The fourth-order valence-electron chi connectivity index (χ4n) is 2.94. The van der Waals surface area contributed by atoms with Gasteiger partial charge in [0, 0.05) is 37.5 Å². The van der Waals surface area contributed by atoms with Crippen LogP contribution in [0.1, 0.15) is 31.9 Å². The van der Waals surface area contributed by atoms with Gasteiger partial charge in [-0.2, -0.15) is 5.10 Å². The smallest absolute Gasteiger partial charge is 0.220 e. The minimum atomic E-state index is 0.167. The lowest BCUT2D eigenvalue weighted by Gasteiger charge is -2.14. The summed E-state index contributed by atoms with van der Waals surface area (Å²) < 4.78 is 2.05. The molecular weight excluding hydrogens is 264 g/mol. The summed E-state index contributed by atoms with van der Waals surface area (Å²) in [6, 6.07) is 8.74. The maximum atomic E-state index is 11.4. The van der Waals surface area contributed by atoms with Gasteiger partial charge in [-0.3, -0.25) is 9.48 Å². The largest absolute Gasteiger partial charge is 0.356 e. The summed E-state index contributed by atoms with van der Waals surface area (Å²) in [4.78, 5) is 11.4. The monoisotopic (exact) mass is 286 g/mol. The molecule has 1 aliphatic heterocycles. The summed E-state index contributed by atoms with van der Waals surface area (Å²) in [5.41, 5.74) is 2.28. The number of carbonyl (C=O) groups excluding carboxylic acids is 1. The summed E-state index contributed by atoms with van der Waals surface area (Å²) in [7, 11) is 0. The summed E-state index contributed by atoms with van der Waals surface area (Å²) in [6.45, 7) is 4.51. The Kier molecular flexibility index (Phi) is 4.20. The average Bonchev–Trinajstić information content (AvgIpc) is 2.74. The zero-order valence-corrected chi connectivity index (χ0v) is 12.4. The zero-order valence-electron chi connectivity index (χ0n) is 12.4. The van der Waals surface area contributed by atoms with E-state index in [0.29, 0.717) is 12.5 Å². The van der Waals surface area contributed by atoms with Crippen LogP contribution in [0.3, 0.4) is 0 Å². The molecule has 1 aliphatic rings. The Hall–Kier alpha value is -1.88. The van der Waals surface area contributed by atoms with Gasteiger partial charge in [-0.15, -0.1) is 0 Å². The van der Waals surface area contributed by atoms with E-state index in [1.54, 1.807) is 0 Å². The second-order valence-electron chi connectivity index (χ2n) is 5.53. The number of rotatable bonds is 4. The number of amides is 1. The Morgan fingerprint density at radius 2 is 2.24 bits per heavy atom. The normalized spacial score (nSPS) is 19.5. The van der Waals surface area contributed by atoms with Crippen molar-refractivity contribution in [3.8, 4) is 0 Å². The number of aromatic nitrogens is 2. The van der Waals surface area contributed by atoms with E-state index in [1.807, 2.05) is 4.68 Å². The van der Waals surface area contributed by atoms with Crippen molar-refractivity contribution in [2.45, 2.75) is 45.3 Å². The predicted octanol–water partition coefficient (Wildman–Crippen LogP) is 1.81. The molecule has 0 unspecified atom stereocenters. The van der Waals surface area contributed by atoms with E-state index in [-0.39, 0.29) is 5.91 Å². The van der Waals surface area contributed by atoms with Gasteiger partial charge in [-0.1, -0.05) is 18.2 Å². The van der Waals surface area contributed by atoms with Crippen LogP contribution in [0.5, 0.6) is 0 Å². The van der Waals surface area contributed by atoms with Crippen LogP contribution in [0.25, 0.3) is 10.9 Å². The molecule has 3 rings (SSSR count). The van der Waals surface area contributed by atoms with Crippen molar-refractivity contribution < 1.29 is 4.79 Å². The molecule has 1 atom stereocenters. The molecule has 0 spiro atoms. The maximum Gasteiger partial charge on any atom is 0.220 e. The van der Waals surface area contributed by atoms with E-state index in [9.17, 15) is 4.79 Å². The number of fused-ring (bicyclic) bond motifs is 1. The molecule has 0 bridgehead atoms. The van der Waals surface area contributed by atoms with Crippen molar-refractivity contribution in [3.05, 3.63) is 30.0 Å². The second-order valence-corrected chi connectivity index (χ2v) is 5.53. The molecule has 2 heterocycles. The number of carbonyl (C=O) groups is 1. The van der Waals surface area contributed by atoms with Crippen molar-refractivity contribution in [2.75, 3.05) is 6.54 Å². The van der Waals surface area contributed by atoms with Crippen LogP contribution in [0, 0.1) is 0 Å². The van der Waals surface area contributed by atoms with E-state index in [2.05, 4.69) is 41.8 Å². The molecule has 1 aromatic carbocycles. The molecule has 2 aromatic rings. The summed E-state index contributed by atoms with van der Waals surface area (Å²) in [5.74, 6) is 0.167. The van der Waals surface area contributed by atoms with Crippen LogP contribution < -0.4 is 10.6 Å². The van der Waals surface area contributed by atoms with E-state index in [1.165, 1.54) is 10.9 Å². The molecule has 0 saturated carbocycles. The van der Waals surface area contributed by atoms with Gasteiger partial charge in [0.1, 0.15) is 0 Å². The molecule has 21 heavy (non-hydrogen) atoms. The van der Waals surface area contributed by atoms with Gasteiger partial charge >= 0.3 is 0 Å². The topological polar surface area (TPSA) is 59.0 Å². The average molecular weight is 286 g/mol. The third-order valence-corrected chi connectivity index (χ3v) is 4.13. The molecule has 5 heteroatoms. The fraction of sp³-hybridized carbons (Fsp3) is 0.500. The van der Waals surface area contributed by atoms with E-state index in [4.69, 9.17) is 5.10 Å². The standard InChI is InChI=1S/C16H22N4O/c1-2-20-15-6-4-3-5-13(15)14(19-20)11-18-12-7-8-16(21)17-10-9-12/h3-6,12,18H,2,7-11H2,1H3,(H,17,21)/t12-/m0/s1. The molecule has 112 valence electrons. The first-order valence-electron chi connectivity index (χ1n) is 7.72. The predicted molar refractivity (Wildman–Crippen MR) is 82.9 cm³/mol. The summed E-state index contributed by atoms with van der Waals surface area (Å²) in [6.07, 6.45) is 2.50. The quantitative estimate of drug-likeness (QED) is 0.901. The van der Waals surface area contributed by atoms with Gasteiger partial charge < -0.3 is 10.6 Å². The number of nitrogens with zero attached hydrogens (tertiary/aromatic N) is 2. The molecule has 0 aliphatic carbocycles. The Morgan fingerprint density at radius 1 is 1.38 bits per heavy atom. The maximum absolute atomic E-state index is 11.4. The van der Waals surface area contributed by atoms with E-state index >= 15 is 0 Å². The van der Waals surface area contributed by atoms with Crippen molar-refractivity contribution in [1.82, 2.24) is 20.4 Å². The Morgan fingerprint density at radius 3 is 3.10 bits per heavy atom. The molecule has 5 nitrogen and oxygen atoms in total. The van der Waals surface area contributed by atoms with Crippen LogP contribution in [0.2, 0.25) is 0 Å². The molecular formula is C16H22N4O. The van der Waals surface area contributed by atoms with Gasteiger partial charge in [0.25, 0.3) is 0 Å². The highest BCUT2D eigenvalue weighted by Gasteiger charge is 2.16. The third kappa shape index (κ3) is 3.08. The number of aryl methyl sites for hydroxylation is 1. The Balaban J connectivity index is 1.71. The zero-order chi connectivity index (χ0) is 14.7. The molecule has 1 aromatic heterocycles. The fourth-order valence-corrected chi connectivity index (χ4v) is 2.94. The van der Waals surface area contributed by atoms with Gasteiger partial charge in [-0.25, -0.2) is 0 Å². The number of benzene rings is 1. The van der Waals surface area contributed by atoms with Crippen LogP contribution in [-0.4, -0.2) is 28.3 Å². The van der Waals surface area contributed by atoms with Gasteiger partial charge in [0.15, 0.2) is 0 Å². The number of hydrogen-bond donors (Lipinski definition) is 2. The highest BCUT2D eigenvalue weighted by molar-refractivity contribution is 5.81. The third-order valence-electron chi connectivity index (χ3n) is 4.13. The Bertz CT molecular complexity index is 634. The first-order chi connectivity index (χ1) is 10.3. The van der Waals surface area contributed by atoms with E-state index in [0.717, 1.165) is 38.2 Å². The Labute approximate surface area is 124 Å². The minimum absolute atomic E-state index is 0.167. The van der Waals surface area contributed by atoms with E-state index < -0.39 is 0 Å². The lowest BCUT2D eigenvalue weighted by molar-refractivity contribution is -0.120. The van der Waals surface area contributed by atoms with Gasteiger partial charge in [0.05, 0.1) is 11.2 Å². The van der Waals surface area contributed by atoms with Crippen LogP contribution in [0.4, 0.5) is 0 Å². The molecule has 0 radical (unpaired) electrons. The van der Waals surface area contributed by atoms with Crippen molar-refractivity contribution in [3.63, 3.8) is 0 Å². The van der Waals surface area contributed by atoms with Crippen LogP contribution >= 0.6 is 0 Å². The van der Waals surface area contributed by atoms with Crippen molar-refractivity contribution >= 4 is 16.8 Å². The number of hydrogen-bond acceptors (Lipinski definition) is 3. The molecule has 1 fully saturated rings. The number of nitrogens with one attached hydrogen (secondary N) is 2. The molecule has 1 saturated heterocycles. The minimum Gasteiger partial charge on any atom is -0.356 e. The first-order valence-corrected chi connectivity index (χ1v) is 7.72. The molecule has 1 amide bonds. The summed E-state index contributed by atoms with van der Waals surface area (Å²) in [5, 5.41) is 12.4. The van der Waals surface area contributed by atoms with Crippen molar-refractivity contribution in [1.29, 1.82) is 0 Å². The second kappa shape index (κ2) is 6.26. The lowest BCUT2D eigenvalue weighted by atomic mass is 10.1. The van der Waals surface area contributed by atoms with Crippen molar-refractivity contribution in [2.24, 2.45) is 0 Å². The SMILES string of the molecule is CCn1nc(CN[C@@H]2CCNC(=O)CC2)c2ccccc21. The van der Waals surface area contributed by atoms with Crippen LogP contribution in [0.15, 0.2) is 24.3 Å². The van der Waals surface area contributed by atoms with Gasteiger partial charge in [0.2, 0.25) is 5.91 Å². The van der Waals surface area contributed by atoms with Gasteiger partial charge in [-0.05, 0) is 25.8 Å². The highest BCUT2D eigenvalue weighted by Crippen LogP contribution is 2.18. The molecule has 2 N–H and O–H groups in total.